The van der Waals surface area contributed by atoms with E-state index in [1.807, 2.05) is 6.07 Å². The van der Waals surface area contributed by atoms with Gasteiger partial charge in [-0.05, 0) is 31.4 Å². The minimum absolute atomic E-state index is 0.143. The molecule has 5 nitrogen and oxygen atoms in total. The first kappa shape index (κ1) is 15.3. The van der Waals surface area contributed by atoms with Crippen LogP contribution in [0.15, 0.2) is 29.2 Å². The predicted molar refractivity (Wildman–Crippen MR) is 79.4 cm³/mol. The Balaban J connectivity index is 2.24. The van der Waals surface area contributed by atoms with Gasteiger partial charge in [0.05, 0.1) is 17.8 Å². The second kappa shape index (κ2) is 6.56. The van der Waals surface area contributed by atoms with Gasteiger partial charge in [-0.2, -0.15) is 0 Å². The molecule has 0 bridgehead atoms. The van der Waals surface area contributed by atoms with E-state index in [1.165, 1.54) is 0 Å². The molecule has 0 aliphatic heterocycles. The number of nitrogens with one attached hydrogen (secondary N) is 2. The number of benzene rings is 1. The van der Waals surface area contributed by atoms with Crippen LogP contribution in [0.4, 0.5) is 5.69 Å². The number of methoxy groups -OCH3 is 1. The van der Waals surface area contributed by atoms with Gasteiger partial charge in [-0.15, -0.1) is 0 Å². The Bertz CT molecular complexity index is 545. The molecule has 2 rings (SSSR count). The number of rotatable bonds is 6. The molecular weight excluding hydrogens is 276 g/mol. The third-order valence-electron chi connectivity index (χ3n) is 3.61. The summed E-state index contributed by atoms with van der Waals surface area (Å²) in [5, 5.41) is 3.33. The zero-order valence-electron chi connectivity index (χ0n) is 11.9. The molecule has 6 heteroatoms. The Hall–Kier alpha value is -1.11. The van der Waals surface area contributed by atoms with Crippen LogP contribution < -0.4 is 10.0 Å². The van der Waals surface area contributed by atoms with Crippen LogP contribution in [0, 0.1) is 0 Å². The first-order valence-electron chi connectivity index (χ1n) is 6.96. The number of anilines is 1. The van der Waals surface area contributed by atoms with Crippen LogP contribution in [0.5, 0.6) is 0 Å². The SMILES string of the molecule is CCNS(=O)(=O)c1ccccc1NC1CCCC1OC. The fraction of sp³-hybridized carbons (Fsp3) is 0.571. The Morgan fingerprint density at radius 1 is 1.30 bits per heavy atom. The zero-order valence-corrected chi connectivity index (χ0v) is 12.7. The quantitative estimate of drug-likeness (QED) is 0.842. The molecule has 112 valence electrons. The van der Waals surface area contributed by atoms with E-state index in [-0.39, 0.29) is 12.1 Å². The molecule has 2 atom stereocenters. The highest BCUT2D eigenvalue weighted by molar-refractivity contribution is 7.89. The summed E-state index contributed by atoms with van der Waals surface area (Å²) in [4.78, 5) is 0.295. The van der Waals surface area contributed by atoms with Gasteiger partial charge in [-0.25, -0.2) is 13.1 Å². The third-order valence-corrected chi connectivity index (χ3v) is 5.21. The molecule has 0 saturated heterocycles. The lowest BCUT2D eigenvalue weighted by Crippen LogP contribution is -2.31. The van der Waals surface area contributed by atoms with Crippen molar-refractivity contribution in [1.82, 2.24) is 4.72 Å². The van der Waals surface area contributed by atoms with E-state index >= 15 is 0 Å². The van der Waals surface area contributed by atoms with Crippen molar-refractivity contribution in [1.29, 1.82) is 0 Å². The smallest absolute Gasteiger partial charge is 0.242 e. The lowest BCUT2D eigenvalue weighted by atomic mass is 10.2. The number of ether oxygens (including phenoxy) is 1. The molecule has 20 heavy (non-hydrogen) atoms. The van der Waals surface area contributed by atoms with Crippen LogP contribution in [-0.4, -0.2) is 34.2 Å². The second-order valence-corrected chi connectivity index (χ2v) is 6.69. The number of para-hydroxylation sites is 1. The summed E-state index contributed by atoms with van der Waals surface area (Å²) in [5.41, 5.74) is 0.641. The highest BCUT2D eigenvalue weighted by Crippen LogP contribution is 2.28. The maximum Gasteiger partial charge on any atom is 0.242 e. The van der Waals surface area contributed by atoms with Gasteiger partial charge in [-0.3, -0.25) is 0 Å². The van der Waals surface area contributed by atoms with E-state index in [1.54, 1.807) is 32.2 Å². The van der Waals surface area contributed by atoms with Gasteiger partial charge in [0.25, 0.3) is 0 Å². The van der Waals surface area contributed by atoms with Crippen molar-refractivity contribution in [2.75, 3.05) is 19.0 Å². The molecular formula is C14H22N2O3S. The van der Waals surface area contributed by atoms with Crippen molar-refractivity contribution < 1.29 is 13.2 Å². The highest BCUT2D eigenvalue weighted by atomic mass is 32.2. The van der Waals surface area contributed by atoms with E-state index in [0.717, 1.165) is 19.3 Å². The van der Waals surface area contributed by atoms with Crippen LogP contribution in [0.1, 0.15) is 26.2 Å². The minimum Gasteiger partial charge on any atom is -0.379 e. The van der Waals surface area contributed by atoms with Gasteiger partial charge in [0, 0.05) is 13.7 Å². The highest BCUT2D eigenvalue weighted by Gasteiger charge is 2.28. The summed E-state index contributed by atoms with van der Waals surface area (Å²) in [7, 11) is -1.76. The molecule has 0 radical (unpaired) electrons. The van der Waals surface area contributed by atoms with Crippen LogP contribution in [0.2, 0.25) is 0 Å². The largest absolute Gasteiger partial charge is 0.379 e. The summed E-state index contributed by atoms with van der Waals surface area (Å²) < 4.78 is 32.4. The maximum absolute atomic E-state index is 12.2. The van der Waals surface area contributed by atoms with Crippen LogP contribution in [-0.2, 0) is 14.8 Å². The normalized spacial score (nSPS) is 22.9. The first-order valence-corrected chi connectivity index (χ1v) is 8.45. The van der Waals surface area contributed by atoms with E-state index in [4.69, 9.17) is 4.74 Å². The molecule has 2 N–H and O–H groups in total. The Morgan fingerprint density at radius 3 is 2.75 bits per heavy atom. The van der Waals surface area contributed by atoms with E-state index in [9.17, 15) is 8.42 Å². The van der Waals surface area contributed by atoms with E-state index in [2.05, 4.69) is 10.0 Å². The van der Waals surface area contributed by atoms with Crippen LogP contribution in [0.25, 0.3) is 0 Å². The van der Waals surface area contributed by atoms with Gasteiger partial charge in [0.15, 0.2) is 0 Å². The van der Waals surface area contributed by atoms with Gasteiger partial charge in [0.2, 0.25) is 10.0 Å². The van der Waals surface area contributed by atoms with Crippen molar-refractivity contribution in [3.8, 4) is 0 Å². The Morgan fingerprint density at radius 2 is 2.05 bits per heavy atom. The second-order valence-electron chi connectivity index (χ2n) is 4.95. The lowest BCUT2D eigenvalue weighted by Gasteiger charge is -2.22. The van der Waals surface area contributed by atoms with Crippen LogP contribution >= 0.6 is 0 Å². The number of sulfonamides is 1. The number of hydrogen-bond donors (Lipinski definition) is 2. The van der Waals surface area contributed by atoms with E-state index < -0.39 is 10.0 Å². The third kappa shape index (κ3) is 3.31. The van der Waals surface area contributed by atoms with Crippen molar-refractivity contribution in [3.05, 3.63) is 24.3 Å². The summed E-state index contributed by atoms with van der Waals surface area (Å²) in [5.74, 6) is 0. The van der Waals surface area contributed by atoms with Gasteiger partial charge < -0.3 is 10.1 Å². The standard InChI is InChI=1S/C14H22N2O3S/c1-3-15-20(17,18)14-10-5-4-7-12(14)16-11-8-6-9-13(11)19-2/h4-5,7,10-11,13,15-16H,3,6,8-9H2,1-2H3. The molecule has 1 aliphatic rings. The van der Waals surface area contributed by atoms with E-state index in [0.29, 0.717) is 17.1 Å². The molecule has 2 unspecified atom stereocenters. The molecule has 1 aromatic carbocycles. The van der Waals surface area contributed by atoms with Crippen LogP contribution in [0.3, 0.4) is 0 Å². The fourth-order valence-electron chi connectivity index (χ4n) is 2.66. The zero-order chi connectivity index (χ0) is 14.6. The molecule has 1 saturated carbocycles. The average molecular weight is 298 g/mol. The summed E-state index contributed by atoms with van der Waals surface area (Å²) in [6, 6.07) is 7.16. The minimum atomic E-state index is -3.46. The average Bonchev–Trinajstić information content (AvgIpc) is 2.86. The van der Waals surface area contributed by atoms with Crippen molar-refractivity contribution >= 4 is 15.7 Å². The maximum atomic E-state index is 12.2. The Labute approximate surface area is 120 Å². The molecule has 0 heterocycles. The molecule has 1 aliphatic carbocycles. The van der Waals surface area contributed by atoms with Gasteiger partial charge in [0.1, 0.15) is 4.90 Å². The topological polar surface area (TPSA) is 67.4 Å². The molecule has 0 aromatic heterocycles. The molecule has 1 fully saturated rings. The summed E-state index contributed by atoms with van der Waals surface area (Å²) in [6.07, 6.45) is 3.24. The Kier molecular flexibility index (Phi) is 5.01. The van der Waals surface area contributed by atoms with Gasteiger partial charge >= 0.3 is 0 Å². The predicted octanol–water partition coefficient (Wildman–Crippen LogP) is 1.96. The first-order chi connectivity index (χ1) is 9.58. The number of hydrogen-bond acceptors (Lipinski definition) is 4. The summed E-state index contributed by atoms with van der Waals surface area (Å²) in [6.45, 7) is 2.15. The summed E-state index contributed by atoms with van der Waals surface area (Å²) >= 11 is 0. The van der Waals surface area contributed by atoms with Gasteiger partial charge in [-0.1, -0.05) is 19.1 Å². The lowest BCUT2D eigenvalue weighted by molar-refractivity contribution is 0.101. The van der Waals surface area contributed by atoms with Crippen molar-refractivity contribution in [2.45, 2.75) is 43.2 Å². The molecule has 0 spiro atoms. The molecule has 1 aromatic rings. The fourth-order valence-corrected chi connectivity index (χ4v) is 3.87. The monoisotopic (exact) mass is 298 g/mol. The van der Waals surface area contributed by atoms with Crippen molar-refractivity contribution in [3.63, 3.8) is 0 Å². The van der Waals surface area contributed by atoms with Crippen molar-refractivity contribution in [2.24, 2.45) is 0 Å². The molecule has 0 amide bonds.